The molecule has 2 aromatic carbocycles. The van der Waals surface area contributed by atoms with E-state index >= 15 is 0 Å². The molecule has 0 radical (unpaired) electrons. The van der Waals surface area contributed by atoms with Crippen LogP contribution in [0.4, 0.5) is 0 Å². The first-order chi connectivity index (χ1) is 13.5. The molecule has 8 heteroatoms. The highest BCUT2D eigenvalue weighted by Crippen LogP contribution is 2.26. The van der Waals surface area contributed by atoms with Gasteiger partial charge < -0.3 is 10.1 Å². The summed E-state index contributed by atoms with van der Waals surface area (Å²) in [5.74, 6) is 0.450. The summed E-state index contributed by atoms with van der Waals surface area (Å²) in [6.07, 6.45) is 2.09. The first-order valence-electron chi connectivity index (χ1n) is 9.21. The molecule has 0 aliphatic carbocycles. The van der Waals surface area contributed by atoms with Crippen LogP contribution in [0, 0.1) is 0 Å². The second kappa shape index (κ2) is 9.54. The van der Waals surface area contributed by atoms with Gasteiger partial charge in [-0.05, 0) is 49.2 Å². The molecule has 0 spiro atoms. The highest BCUT2D eigenvalue weighted by atomic mass is 79.9. The molecule has 0 aromatic heterocycles. The van der Waals surface area contributed by atoms with E-state index in [1.165, 1.54) is 4.31 Å². The molecule has 1 atom stereocenters. The average Bonchev–Trinajstić information content (AvgIpc) is 2.72. The average molecular weight is 467 g/mol. The van der Waals surface area contributed by atoms with Crippen molar-refractivity contribution in [3.8, 4) is 5.75 Å². The number of nitrogens with zero attached hydrogens (tertiary/aromatic N) is 1. The van der Waals surface area contributed by atoms with Crippen molar-refractivity contribution < 1.29 is 17.9 Å². The summed E-state index contributed by atoms with van der Waals surface area (Å²) in [5.41, 5.74) is 0. The van der Waals surface area contributed by atoms with Crippen LogP contribution in [0.15, 0.2) is 64.0 Å². The molecule has 0 saturated carbocycles. The smallest absolute Gasteiger partial charge is 0.243 e. The minimum atomic E-state index is -3.73. The second-order valence-electron chi connectivity index (χ2n) is 6.53. The van der Waals surface area contributed by atoms with E-state index in [2.05, 4.69) is 21.2 Å². The zero-order chi connectivity index (χ0) is 20.0. The van der Waals surface area contributed by atoms with Gasteiger partial charge in [0.15, 0.2) is 0 Å². The van der Waals surface area contributed by atoms with Crippen molar-refractivity contribution in [2.75, 3.05) is 19.7 Å². The third kappa shape index (κ3) is 5.12. The van der Waals surface area contributed by atoms with Gasteiger partial charge in [-0.15, -0.1) is 0 Å². The Balaban J connectivity index is 1.62. The lowest BCUT2D eigenvalue weighted by Crippen LogP contribution is -2.52. The molecular formula is C20H23BrN2O4S. The van der Waals surface area contributed by atoms with Gasteiger partial charge >= 0.3 is 0 Å². The lowest BCUT2D eigenvalue weighted by molar-refractivity contribution is -0.125. The van der Waals surface area contributed by atoms with E-state index in [1.807, 2.05) is 30.3 Å². The van der Waals surface area contributed by atoms with Gasteiger partial charge in [0.1, 0.15) is 18.4 Å². The number of halogens is 1. The summed E-state index contributed by atoms with van der Waals surface area (Å²) >= 11 is 3.31. The molecule has 28 heavy (non-hydrogen) atoms. The zero-order valence-corrected chi connectivity index (χ0v) is 17.8. The predicted molar refractivity (Wildman–Crippen MR) is 111 cm³/mol. The third-order valence-electron chi connectivity index (χ3n) is 4.59. The maximum absolute atomic E-state index is 13.0. The van der Waals surface area contributed by atoms with E-state index in [0.29, 0.717) is 26.1 Å². The van der Waals surface area contributed by atoms with Crippen molar-refractivity contribution in [2.24, 2.45) is 0 Å². The van der Waals surface area contributed by atoms with E-state index in [0.717, 1.165) is 23.1 Å². The Morgan fingerprint density at radius 3 is 2.54 bits per heavy atom. The molecule has 1 fully saturated rings. The van der Waals surface area contributed by atoms with E-state index in [-0.39, 0.29) is 10.8 Å². The van der Waals surface area contributed by atoms with Gasteiger partial charge in [-0.3, -0.25) is 4.79 Å². The molecule has 150 valence electrons. The number of amides is 1. The van der Waals surface area contributed by atoms with E-state index < -0.39 is 16.1 Å². The normalized spacial score (nSPS) is 17.8. The van der Waals surface area contributed by atoms with Gasteiger partial charge in [-0.2, -0.15) is 4.31 Å². The zero-order valence-electron chi connectivity index (χ0n) is 15.4. The summed E-state index contributed by atoms with van der Waals surface area (Å²) in [6.45, 7) is 0.981. The summed E-state index contributed by atoms with van der Waals surface area (Å²) in [6, 6.07) is 15.1. The Kier molecular flexibility index (Phi) is 7.09. The Hall–Kier alpha value is -1.90. The minimum absolute atomic E-state index is 0.197. The summed E-state index contributed by atoms with van der Waals surface area (Å²) in [5, 5.41) is 2.81. The van der Waals surface area contributed by atoms with Crippen LogP contribution in [0.3, 0.4) is 0 Å². The number of hydrogen-bond donors (Lipinski definition) is 1. The van der Waals surface area contributed by atoms with E-state index in [9.17, 15) is 13.2 Å². The topological polar surface area (TPSA) is 75.7 Å². The van der Waals surface area contributed by atoms with Crippen LogP contribution in [0.1, 0.15) is 19.3 Å². The molecule has 1 amide bonds. The molecule has 0 unspecified atom stereocenters. The number of hydrogen-bond acceptors (Lipinski definition) is 4. The van der Waals surface area contributed by atoms with Crippen LogP contribution in [-0.2, 0) is 14.8 Å². The van der Waals surface area contributed by atoms with Gasteiger partial charge in [0.2, 0.25) is 15.9 Å². The number of nitrogens with one attached hydrogen (secondary N) is 1. The van der Waals surface area contributed by atoms with Crippen molar-refractivity contribution in [2.45, 2.75) is 30.2 Å². The summed E-state index contributed by atoms with van der Waals surface area (Å²) < 4.78 is 33.8. The molecule has 3 rings (SSSR count). The van der Waals surface area contributed by atoms with Crippen LogP contribution in [0.2, 0.25) is 0 Å². The Labute approximate surface area is 174 Å². The van der Waals surface area contributed by atoms with Gasteiger partial charge in [0, 0.05) is 11.0 Å². The molecule has 6 nitrogen and oxygen atoms in total. The van der Waals surface area contributed by atoms with Crippen molar-refractivity contribution in [1.82, 2.24) is 9.62 Å². The van der Waals surface area contributed by atoms with Crippen LogP contribution in [-0.4, -0.2) is 44.4 Å². The number of sulfonamides is 1. The third-order valence-corrected chi connectivity index (χ3v) is 7.04. The fourth-order valence-corrected chi connectivity index (χ4v) is 5.10. The summed E-state index contributed by atoms with van der Waals surface area (Å²) in [4.78, 5) is 12.9. The number of carbonyl (C=O) groups excluding carboxylic acids is 1. The Bertz CT molecular complexity index is 888. The van der Waals surface area contributed by atoms with Crippen molar-refractivity contribution in [3.63, 3.8) is 0 Å². The minimum Gasteiger partial charge on any atom is -0.492 e. The molecule has 1 aliphatic heterocycles. The fourth-order valence-electron chi connectivity index (χ4n) is 3.17. The number of carbonyl (C=O) groups is 1. The SMILES string of the molecule is O=C(NCCOc1ccccc1)[C@H]1CCCCN1S(=O)(=O)c1ccc(Br)cc1. The largest absolute Gasteiger partial charge is 0.492 e. The molecule has 1 saturated heterocycles. The van der Waals surface area contributed by atoms with E-state index in [1.54, 1.807) is 24.3 Å². The number of rotatable bonds is 7. The standard InChI is InChI=1S/C20H23BrN2O4S/c21-16-9-11-18(12-10-16)28(25,26)23-14-5-4-8-19(23)20(24)22-13-15-27-17-6-2-1-3-7-17/h1-3,6-7,9-12,19H,4-5,8,13-15H2,(H,22,24)/t19-/m1/s1. The maximum Gasteiger partial charge on any atom is 0.243 e. The number of benzene rings is 2. The number of para-hydroxylation sites is 1. The summed E-state index contributed by atoms with van der Waals surface area (Å²) in [7, 11) is -3.73. The van der Waals surface area contributed by atoms with Crippen molar-refractivity contribution in [1.29, 1.82) is 0 Å². The molecular weight excluding hydrogens is 444 g/mol. The maximum atomic E-state index is 13.0. The monoisotopic (exact) mass is 466 g/mol. The molecule has 2 aromatic rings. The Morgan fingerprint density at radius 2 is 1.82 bits per heavy atom. The number of piperidine rings is 1. The lowest BCUT2D eigenvalue weighted by atomic mass is 10.0. The Morgan fingerprint density at radius 1 is 1.11 bits per heavy atom. The highest BCUT2D eigenvalue weighted by molar-refractivity contribution is 9.10. The quantitative estimate of drug-likeness (QED) is 0.635. The number of ether oxygens (including phenoxy) is 1. The van der Waals surface area contributed by atoms with E-state index in [4.69, 9.17) is 4.74 Å². The fraction of sp³-hybridized carbons (Fsp3) is 0.350. The van der Waals surface area contributed by atoms with Gasteiger partial charge in [-0.1, -0.05) is 40.5 Å². The van der Waals surface area contributed by atoms with Crippen LogP contribution in [0.5, 0.6) is 5.75 Å². The van der Waals surface area contributed by atoms with Crippen LogP contribution >= 0.6 is 15.9 Å². The first kappa shape index (κ1) is 20.8. The second-order valence-corrected chi connectivity index (χ2v) is 9.34. The van der Waals surface area contributed by atoms with Gasteiger partial charge in [0.25, 0.3) is 0 Å². The molecule has 1 heterocycles. The molecule has 1 N–H and O–H groups in total. The lowest BCUT2D eigenvalue weighted by Gasteiger charge is -2.33. The van der Waals surface area contributed by atoms with Crippen molar-refractivity contribution >= 4 is 31.9 Å². The van der Waals surface area contributed by atoms with Crippen molar-refractivity contribution in [3.05, 3.63) is 59.1 Å². The molecule has 1 aliphatic rings. The first-order valence-corrected chi connectivity index (χ1v) is 11.4. The van der Waals surface area contributed by atoms with Crippen LogP contribution < -0.4 is 10.1 Å². The van der Waals surface area contributed by atoms with Crippen LogP contribution in [0.25, 0.3) is 0 Å². The predicted octanol–water partition coefficient (Wildman–Crippen LogP) is 3.19. The van der Waals surface area contributed by atoms with Gasteiger partial charge in [-0.25, -0.2) is 8.42 Å². The highest BCUT2D eigenvalue weighted by Gasteiger charge is 2.37. The molecule has 0 bridgehead atoms. The van der Waals surface area contributed by atoms with Gasteiger partial charge in [0.05, 0.1) is 11.4 Å².